The van der Waals surface area contributed by atoms with E-state index in [2.05, 4.69) is 36.4 Å². The molecule has 1 heterocycles. The van der Waals surface area contributed by atoms with E-state index in [9.17, 15) is 4.79 Å². The van der Waals surface area contributed by atoms with E-state index in [0.29, 0.717) is 0 Å². The van der Waals surface area contributed by atoms with Crippen LogP contribution in [0.5, 0.6) is 0 Å². The number of aromatic nitrogens is 1. The fourth-order valence-corrected chi connectivity index (χ4v) is 1.20. The highest BCUT2D eigenvalue weighted by atomic mass is 16.1. The van der Waals surface area contributed by atoms with Crippen molar-refractivity contribution in [1.82, 2.24) is 10.3 Å². The highest BCUT2D eigenvalue weighted by molar-refractivity contribution is 5.79. The Morgan fingerprint density at radius 2 is 2.06 bits per heavy atom. The van der Waals surface area contributed by atoms with Gasteiger partial charge >= 0.3 is 0 Å². The zero-order valence-corrected chi connectivity index (χ0v) is 10.3. The number of amides is 1. The molecule has 2 N–H and O–H groups in total. The number of anilines is 1. The minimum atomic E-state index is -0.0540. The van der Waals surface area contributed by atoms with Crippen molar-refractivity contribution in [3.8, 4) is 0 Å². The van der Waals surface area contributed by atoms with Gasteiger partial charge in [0.25, 0.3) is 0 Å². The number of carbonyl (C=O) groups excluding carboxylic acids is 1. The molecule has 88 valence electrons. The molecule has 0 aliphatic heterocycles. The van der Waals surface area contributed by atoms with Gasteiger partial charge in [0.1, 0.15) is 5.82 Å². The van der Waals surface area contributed by atoms with E-state index < -0.39 is 0 Å². The van der Waals surface area contributed by atoms with Gasteiger partial charge in [0.05, 0.1) is 6.54 Å². The van der Waals surface area contributed by atoms with Gasteiger partial charge < -0.3 is 10.6 Å². The molecule has 1 aromatic rings. The molecule has 0 spiro atoms. The summed E-state index contributed by atoms with van der Waals surface area (Å²) in [5.74, 6) is 0.665. The minimum absolute atomic E-state index is 0.0540. The van der Waals surface area contributed by atoms with Gasteiger partial charge in [-0.05, 0) is 17.0 Å². The summed E-state index contributed by atoms with van der Waals surface area (Å²) in [6.07, 6.45) is 1.84. The van der Waals surface area contributed by atoms with Crippen LogP contribution >= 0.6 is 0 Å². The van der Waals surface area contributed by atoms with Crippen molar-refractivity contribution < 1.29 is 4.79 Å². The molecule has 1 rings (SSSR count). The topological polar surface area (TPSA) is 54.0 Å². The predicted octanol–water partition coefficient (Wildman–Crippen LogP) is 1.54. The van der Waals surface area contributed by atoms with E-state index >= 15 is 0 Å². The summed E-state index contributed by atoms with van der Waals surface area (Å²) in [7, 11) is 1.61. The summed E-state index contributed by atoms with van der Waals surface area (Å²) < 4.78 is 0. The van der Waals surface area contributed by atoms with Crippen molar-refractivity contribution in [3.05, 3.63) is 23.9 Å². The quantitative estimate of drug-likeness (QED) is 0.814. The van der Waals surface area contributed by atoms with Crippen LogP contribution in [-0.2, 0) is 10.2 Å². The Morgan fingerprint density at radius 1 is 1.38 bits per heavy atom. The maximum absolute atomic E-state index is 11.0. The second kappa shape index (κ2) is 4.96. The van der Waals surface area contributed by atoms with Crippen LogP contribution in [0.1, 0.15) is 26.3 Å². The molecule has 0 atom stereocenters. The Morgan fingerprint density at radius 3 is 2.50 bits per heavy atom. The van der Waals surface area contributed by atoms with Crippen molar-refractivity contribution in [1.29, 1.82) is 0 Å². The third-order valence-corrected chi connectivity index (χ3v) is 2.34. The Bertz CT molecular complexity index is 352. The smallest absolute Gasteiger partial charge is 0.239 e. The second-order valence-electron chi connectivity index (χ2n) is 4.71. The fraction of sp³-hybridized carbons (Fsp3) is 0.500. The van der Waals surface area contributed by atoms with Gasteiger partial charge in [-0.15, -0.1) is 0 Å². The molecule has 16 heavy (non-hydrogen) atoms. The highest BCUT2D eigenvalue weighted by Crippen LogP contribution is 2.21. The molecule has 0 radical (unpaired) electrons. The van der Waals surface area contributed by atoms with E-state index in [-0.39, 0.29) is 17.9 Å². The molecule has 0 aliphatic rings. The molecule has 0 saturated carbocycles. The number of likely N-dealkylation sites (N-methyl/N-ethyl adjacent to an activating group) is 1. The SMILES string of the molecule is CNC(=O)CNc1ccc(C(C)(C)C)cn1. The first-order valence-corrected chi connectivity index (χ1v) is 5.34. The summed E-state index contributed by atoms with van der Waals surface area (Å²) in [4.78, 5) is 15.3. The van der Waals surface area contributed by atoms with Gasteiger partial charge in [-0.1, -0.05) is 26.8 Å². The van der Waals surface area contributed by atoms with Crippen LogP contribution < -0.4 is 10.6 Å². The van der Waals surface area contributed by atoms with Gasteiger partial charge in [-0.2, -0.15) is 0 Å². The van der Waals surface area contributed by atoms with Crippen molar-refractivity contribution >= 4 is 11.7 Å². The van der Waals surface area contributed by atoms with Gasteiger partial charge in [-0.25, -0.2) is 4.98 Å². The van der Waals surface area contributed by atoms with E-state index in [1.54, 1.807) is 7.05 Å². The number of hydrogen-bond acceptors (Lipinski definition) is 3. The maximum Gasteiger partial charge on any atom is 0.239 e. The van der Waals surface area contributed by atoms with Gasteiger partial charge in [-0.3, -0.25) is 4.79 Å². The summed E-state index contributed by atoms with van der Waals surface area (Å²) in [6, 6.07) is 3.92. The molecule has 4 heteroatoms. The van der Waals surface area contributed by atoms with Crippen molar-refractivity contribution in [2.45, 2.75) is 26.2 Å². The lowest BCUT2D eigenvalue weighted by Crippen LogP contribution is -2.26. The molecule has 0 saturated heterocycles. The predicted molar refractivity (Wildman–Crippen MR) is 65.5 cm³/mol. The third kappa shape index (κ3) is 3.53. The highest BCUT2D eigenvalue weighted by Gasteiger charge is 2.13. The van der Waals surface area contributed by atoms with Crippen LogP contribution in [0.2, 0.25) is 0 Å². The normalized spacial score (nSPS) is 11.0. The first kappa shape index (κ1) is 12.5. The number of nitrogens with one attached hydrogen (secondary N) is 2. The molecular weight excluding hydrogens is 202 g/mol. The first-order chi connectivity index (χ1) is 7.43. The molecule has 0 fully saturated rings. The Kier molecular flexibility index (Phi) is 3.88. The van der Waals surface area contributed by atoms with Crippen LogP contribution in [0.15, 0.2) is 18.3 Å². The van der Waals surface area contributed by atoms with Gasteiger partial charge in [0, 0.05) is 13.2 Å². The lowest BCUT2D eigenvalue weighted by Gasteiger charge is -2.18. The van der Waals surface area contributed by atoms with Crippen molar-refractivity contribution in [2.24, 2.45) is 0 Å². The molecule has 1 aromatic heterocycles. The Balaban J connectivity index is 2.62. The second-order valence-corrected chi connectivity index (χ2v) is 4.71. The molecule has 0 bridgehead atoms. The lowest BCUT2D eigenvalue weighted by atomic mass is 9.88. The number of carbonyl (C=O) groups is 1. The van der Waals surface area contributed by atoms with Crippen LogP contribution in [0.3, 0.4) is 0 Å². The van der Waals surface area contributed by atoms with Gasteiger partial charge in [0.15, 0.2) is 0 Å². The Hall–Kier alpha value is -1.58. The van der Waals surface area contributed by atoms with E-state index in [1.165, 1.54) is 5.56 Å². The fourth-order valence-electron chi connectivity index (χ4n) is 1.20. The Labute approximate surface area is 96.5 Å². The summed E-state index contributed by atoms with van der Waals surface area (Å²) in [6.45, 7) is 6.67. The average molecular weight is 221 g/mol. The minimum Gasteiger partial charge on any atom is -0.361 e. The van der Waals surface area contributed by atoms with Gasteiger partial charge in [0.2, 0.25) is 5.91 Å². The summed E-state index contributed by atoms with van der Waals surface area (Å²) in [5, 5.41) is 5.49. The zero-order chi connectivity index (χ0) is 12.2. The first-order valence-electron chi connectivity index (χ1n) is 5.34. The number of hydrogen-bond donors (Lipinski definition) is 2. The summed E-state index contributed by atoms with van der Waals surface area (Å²) >= 11 is 0. The molecule has 4 nitrogen and oxygen atoms in total. The van der Waals surface area contributed by atoms with E-state index in [4.69, 9.17) is 0 Å². The van der Waals surface area contributed by atoms with Crippen molar-refractivity contribution in [3.63, 3.8) is 0 Å². The average Bonchev–Trinajstić information content (AvgIpc) is 2.25. The monoisotopic (exact) mass is 221 g/mol. The number of pyridine rings is 1. The van der Waals surface area contributed by atoms with Crippen LogP contribution in [0.25, 0.3) is 0 Å². The molecule has 1 amide bonds. The number of nitrogens with zero attached hydrogens (tertiary/aromatic N) is 1. The van der Waals surface area contributed by atoms with Crippen molar-refractivity contribution in [2.75, 3.05) is 18.9 Å². The van der Waals surface area contributed by atoms with Crippen LogP contribution in [0.4, 0.5) is 5.82 Å². The molecule has 0 unspecified atom stereocenters. The largest absolute Gasteiger partial charge is 0.361 e. The zero-order valence-electron chi connectivity index (χ0n) is 10.3. The molecule has 0 aromatic carbocycles. The van der Waals surface area contributed by atoms with Crippen LogP contribution in [-0.4, -0.2) is 24.5 Å². The molecular formula is C12H19N3O. The summed E-state index contributed by atoms with van der Waals surface area (Å²) in [5.41, 5.74) is 1.28. The van der Waals surface area contributed by atoms with Crippen LogP contribution in [0, 0.1) is 0 Å². The van der Waals surface area contributed by atoms with E-state index in [0.717, 1.165) is 5.82 Å². The lowest BCUT2D eigenvalue weighted by molar-refractivity contribution is -0.118. The number of rotatable bonds is 3. The standard InChI is InChI=1S/C12H19N3O/c1-12(2,3)9-5-6-10(14-7-9)15-8-11(16)13-4/h5-7H,8H2,1-4H3,(H,13,16)(H,14,15). The molecule has 0 aliphatic carbocycles. The van der Waals surface area contributed by atoms with E-state index in [1.807, 2.05) is 18.3 Å². The maximum atomic E-state index is 11.0. The third-order valence-electron chi connectivity index (χ3n) is 2.34.